The average molecular weight is 613 g/mol. The highest BCUT2D eigenvalue weighted by Gasteiger charge is 2.38. The minimum atomic E-state index is -1.45. The lowest BCUT2D eigenvalue weighted by molar-refractivity contribution is -0.138. The Labute approximate surface area is 250 Å². The van der Waals surface area contributed by atoms with E-state index >= 15 is 0 Å². The molecule has 0 radical (unpaired) electrons. The summed E-state index contributed by atoms with van der Waals surface area (Å²) < 4.78 is 21.9. The van der Waals surface area contributed by atoms with Crippen LogP contribution in [0, 0.1) is 12.7 Å². The zero-order chi connectivity index (χ0) is 31.5. The van der Waals surface area contributed by atoms with Crippen LogP contribution in [0.25, 0.3) is 15.2 Å². The maximum atomic E-state index is 14.0. The number of carbonyl (C=O) groups excluding carboxylic acids is 2. The second kappa shape index (κ2) is 12.8. The van der Waals surface area contributed by atoms with Crippen LogP contribution in [0.3, 0.4) is 0 Å². The fourth-order valence-electron chi connectivity index (χ4n) is 4.84. The Morgan fingerprint density at radius 3 is 2.35 bits per heavy atom. The summed E-state index contributed by atoms with van der Waals surface area (Å²) in [4.78, 5) is 54.5. The standard InChI is InChI=1S/C26H27FN6O4S.C3H6O2/c1-16-20-21(34)32(26(2,3)24(35)30-12-5-6-13-30)25(36)31(23(20)38-22(16)33-28-10-11-29-33)14-9-17-15-18(27)7-8-19(17)37-4;1-3(5)2-4/h5-8,10-11,15H,9,12-14H2,1-4H3;4H,2H2,1H3. The second-order valence-corrected chi connectivity index (χ2v) is 11.4. The molecule has 1 aromatic carbocycles. The molecule has 1 aliphatic rings. The highest BCUT2D eigenvalue weighted by molar-refractivity contribution is 7.21. The summed E-state index contributed by atoms with van der Waals surface area (Å²) in [6, 6.07) is 4.20. The first-order chi connectivity index (χ1) is 20.4. The van der Waals surface area contributed by atoms with E-state index in [4.69, 9.17) is 9.84 Å². The smallest absolute Gasteiger partial charge is 0.333 e. The topological polar surface area (TPSA) is 142 Å². The molecule has 14 heteroatoms. The first kappa shape index (κ1) is 31.5. The van der Waals surface area contributed by atoms with Crippen LogP contribution in [0.1, 0.15) is 31.9 Å². The molecule has 43 heavy (non-hydrogen) atoms. The second-order valence-electron chi connectivity index (χ2n) is 10.4. The van der Waals surface area contributed by atoms with Crippen molar-refractivity contribution in [2.75, 3.05) is 26.8 Å². The van der Waals surface area contributed by atoms with Gasteiger partial charge in [0, 0.05) is 25.2 Å². The number of ketones is 1. The fraction of sp³-hybridized carbons (Fsp3) is 0.379. The maximum Gasteiger partial charge on any atom is 0.333 e. The number of rotatable bonds is 8. The van der Waals surface area contributed by atoms with Crippen LogP contribution < -0.4 is 16.0 Å². The molecule has 1 aliphatic heterocycles. The molecular formula is C29H33FN6O6S. The van der Waals surface area contributed by atoms with Gasteiger partial charge in [0.25, 0.3) is 5.56 Å². The van der Waals surface area contributed by atoms with Crippen molar-refractivity contribution in [3.63, 3.8) is 0 Å². The monoisotopic (exact) mass is 612 g/mol. The normalized spacial score (nSPS) is 12.9. The number of thiophene rings is 1. The number of amides is 1. The van der Waals surface area contributed by atoms with Crippen molar-refractivity contribution in [2.24, 2.45) is 0 Å². The van der Waals surface area contributed by atoms with Crippen LogP contribution in [0.15, 0.2) is 52.3 Å². The van der Waals surface area contributed by atoms with Crippen molar-refractivity contribution in [1.29, 1.82) is 0 Å². The van der Waals surface area contributed by atoms with E-state index in [0.717, 1.165) is 4.57 Å². The number of ether oxygens (including phenoxy) is 1. The van der Waals surface area contributed by atoms with Gasteiger partial charge in [-0.25, -0.2) is 13.8 Å². The third-order valence-electron chi connectivity index (χ3n) is 7.05. The number of aromatic nitrogens is 5. The largest absolute Gasteiger partial charge is 0.496 e. The molecular weight excluding hydrogens is 579 g/mol. The van der Waals surface area contributed by atoms with Crippen molar-refractivity contribution in [3.05, 3.63) is 80.5 Å². The van der Waals surface area contributed by atoms with Gasteiger partial charge in [0.05, 0.1) is 24.9 Å². The number of aliphatic hydroxyl groups excluding tert-OH is 1. The van der Waals surface area contributed by atoms with E-state index in [1.165, 1.54) is 65.3 Å². The third-order valence-corrected chi connectivity index (χ3v) is 8.33. The summed E-state index contributed by atoms with van der Waals surface area (Å²) in [6.45, 7) is 6.89. The number of halogens is 1. The fourth-order valence-corrected chi connectivity index (χ4v) is 6.07. The minimum Gasteiger partial charge on any atom is -0.496 e. The van der Waals surface area contributed by atoms with E-state index in [2.05, 4.69) is 10.2 Å². The first-order valence-corrected chi connectivity index (χ1v) is 14.3. The molecule has 1 N–H and O–H groups in total. The number of methoxy groups -OCH3 is 1. The Bertz CT molecular complexity index is 1800. The number of carbonyl (C=O) groups is 2. The van der Waals surface area contributed by atoms with Crippen LogP contribution >= 0.6 is 11.3 Å². The molecule has 0 aliphatic carbocycles. The Balaban J connectivity index is 0.000000782. The van der Waals surface area contributed by atoms with E-state index in [1.807, 2.05) is 12.2 Å². The lowest BCUT2D eigenvalue weighted by Gasteiger charge is -2.31. The molecule has 12 nitrogen and oxygen atoms in total. The van der Waals surface area contributed by atoms with E-state index in [9.17, 15) is 23.6 Å². The van der Waals surface area contributed by atoms with Gasteiger partial charge < -0.3 is 14.7 Å². The zero-order valence-corrected chi connectivity index (χ0v) is 25.4. The van der Waals surface area contributed by atoms with Crippen molar-refractivity contribution >= 4 is 33.2 Å². The molecule has 4 aromatic rings. The molecule has 0 atom stereocenters. The Kier molecular flexibility index (Phi) is 9.40. The van der Waals surface area contributed by atoms with Crippen molar-refractivity contribution in [1.82, 2.24) is 29.0 Å². The molecule has 5 rings (SSSR count). The molecule has 1 amide bonds. The van der Waals surface area contributed by atoms with Crippen LogP contribution in [-0.2, 0) is 28.1 Å². The molecule has 0 unspecified atom stereocenters. The number of aryl methyl sites for hydroxylation is 3. The first-order valence-electron chi connectivity index (χ1n) is 13.5. The quantitative estimate of drug-likeness (QED) is 0.299. The molecule has 0 saturated carbocycles. The SMILES string of the molecule is CC(=O)CO.COc1ccc(F)cc1CCn1c(=O)n(C(C)(C)C(=O)N2CC=CC2)c(=O)c2c(C)c(-n3nccn3)sc21. The summed E-state index contributed by atoms with van der Waals surface area (Å²) in [5.74, 6) is -0.454. The Hall–Kier alpha value is -4.43. The molecule has 3 aromatic heterocycles. The predicted octanol–water partition coefficient (Wildman–Crippen LogP) is 2.21. The highest BCUT2D eigenvalue weighted by Crippen LogP contribution is 2.31. The maximum absolute atomic E-state index is 14.0. The van der Waals surface area contributed by atoms with Gasteiger partial charge in [-0.1, -0.05) is 23.5 Å². The van der Waals surface area contributed by atoms with Crippen molar-refractivity contribution in [2.45, 2.75) is 46.2 Å². The Morgan fingerprint density at radius 2 is 1.77 bits per heavy atom. The summed E-state index contributed by atoms with van der Waals surface area (Å²) >= 11 is 1.21. The number of hydrogen-bond donors (Lipinski definition) is 1. The highest BCUT2D eigenvalue weighted by atomic mass is 32.1. The Morgan fingerprint density at radius 1 is 1.14 bits per heavy atom. The lowest BCUT2D eigenvalue weighted by atomic mass is 10.0. The lowest BCUT2D eigenvalue weighted by Crippen LogP contribution is -2.56. The van der Waals surface area contributed by atoms with Gasteiger partial charge in [0.15, 0.2) is 5.78 Å². The molecule has 0 spiro atoms. The number of benzene rings is 1. The molecule has 228 valence electrons. The summed E-state index contributed by atoms with van der Waals surface area (Å²) in [5, 5.41) is 17.1. The van der Waals surface area contributed by atoms with Crippen LogP contribution in [0.2, 0.25) is 0 Å². The molecule has 4 heterocycles. The third kappa shape index (κ3) is 6.20. The van der Waals surface area contributed by atoms with E-state index in [-0.39, 0.29) is 31.3 Å². The van der Waals surface area contributed by atoms with Crippen molar-refractivity contribution < 1.29 is 23.8 Å². The van der Waals surface area contributed by atoms with E-state index < -0.39 is 22.6 Å². The van der Waals surface area contributed by atoms with Gasteiger partial charge in [0.2, 0.25) is 5.91 Å². The van der Waals surface area contributed by atoms with Gasteiger partial charge in [-0.3, -0.25) is 19.0 Å². The van der Waals surface area contributed by atoms with E-state index in [1.54, 1.807) is 25.7 Å². The molecule has 0 fully saturated rings. The van der Waals surface area contributed by atoms with Gasteiger partial charge in [-0.15, -0.1) is 4.80 Å². The van der Waals surface area contributed by atoms with E-state index in [0.29, 0.717) is 45.2 Å². The van der Waals surface area contributed by atoms with Crippen LogP contribution in [0.5, 0.6) is 5.75 Å². The summed E-state index contributed by atoms with van der Waals surface area (Å²) in [6.07, 6.45) is 7.05. The van der Waals surface area contributed by atoms with Crippen molar-refractivity contribution in [3.8, 4) is 10.8 Å². The predicted molar refractivity (Wildman–Crippen MR) is 159 cm³/mol. The number of aliphatic hydroxyl groups is 1. The van der Waals surface area contributed by atoms with Gasteiger partial charge in [-0.2, -0.15) is 10.2 Å². The average Bonchev–Trinajstić information content (AvgIpc) is 3.75. The number of fused-ring (bicyclic) bond motifs is 1. The van der Waals surface area contributed by atoms with Gasteiger partial charge in [0.1, 0.15) is 33.5 Å². The van der Waals surface area contributed by atoms with Crippen LogP contribution in [0.4, 0.5) is 4.39 Å². The molecule has 0 saturated heterocycles. The number of hydrogen-bond acceptors (Lipinski definition) is 9. The van der Waals surface area contributed by atoms with Gasteiger partial charge in [-0.05, 0) is 57.9 Å². The number of Topliss-reactive ketones (excluding diaryl/α,β-unsaturated/α-hetero) is 1. The number of nitrogens with zero attached hydrogens (tertiary/aromatic N) is 6. The van der Waals surface area contributed by atoms with Gasteiger partial charge >= 0.3 is 5.69 Å². The van der Waals surface area contributed by atoms with Crippen LogP contribution in [-0.4, -0.2) is 72.6 Å². The summed E-state index contributed by atoms with van der Waals surface area (Å²) in [5.41, 5.74) is -1.45. The zero-order valence-electron chi connectivity index (χ0n) is 24.5. The molecule has 0 bridgehead atoms. The minimum absolute atomic E-state index is 0.122. The summed E-state index contributed by atoms with van der Waals surface area (Å²) in [7, 11) is 1.49.